The van der Waals surface area contributed by atoms with E-state index >= 15 is 0 Å². The Bertz CT molecular complexity index is 1200. The Morgan fingerprint density at radius 3 is 2.58 bits per heavy atom. The number of unbranched alkanes of at least 4 members (excludes halogenated alkanes) is 1. The molecule has 172 valence electrons. The van der Waals surface area contributed by atoms with Crippen LogP contribution in [0.15, 0.2) is 70.3 Å². The zero-order valence-electron chi connectivity index (χ0n) is 17.9. The number of hydrogen-bond donors (Lipinski definition) is 1. The van der Waals surface area contributed by atoms with Crippen molar-refractivity contribution in [2.45, 2.75) is 17.1 Å². The lowest BCUT2D eigenvalue weighted by Crippen LogP contribution is -2.25. The Hall–Kier alpha value is -3.55. The fraction of sp³-hybridized carbons (Fsp3) is 0.217. The van der Waals surface area contributed by atoms with Crippen molar-refractivity contribution in [3.05, 3.63) is 66.0 Å². The molecule has 1 heterocycles. The molecule has 3 rings (SSSR count). The Morgan fingerprint density at radius 1 is 1.09 bits per heavy atom. The van der Waals surface area contributed by atoms with Gasteiger partial charge in [-0.2, -0.15) is 5.26 Å². The van der Waals surface area contributed by atoms with Crippen LogP contribution in [0.4, 0.5) is 11.4 Å². The minimum Gasteiger partial charge on any atom is -0.493 e. The van der Waals surface area contributed by atoms with E-state index in [-0.39, 0.29) is 16.7 Å². The number of rotatable bonds is 11. The Balaban J connectivity index is 1.51. The maximum Gasteiger partial charge on any atom is 0.273 e. The number of nitrogens with zero attached hydrogens (tertiary/aromatic N) is 2. The summed E-state index contributed by atoms with van der Waals surface area (Å²) in [7, 11) is -2.13. The first-order valence-electron chi connectivity index (χ1n) is 10.0. The molecule has 0 aliphatic carbocycles. The molecule has 0 atom stereocenters. The lowest BCUT2D eigenvalue weighted by atomic mass is 10.3. The van der Waals surface area contributed by atoms with Gasteiger partial charge in [0.25, 0.3) is 15.9 Å². The summed E-state index contributed by atoms with van der Waals surface area (Å²) < 4.78 is 37.8. The lowest BCUT2D eigenvalue weighted by Gasteiger charge is -2.18. The van der Waals surface area contributed by atoms with E-state index in [2.05, 4.69) is 11.4 Å². The molecular weight excluding hydrogens is 462 g/mol. The highest BCUT2D eigenvalue weighted by molar-refractivity contribution is 7.94. The van der Waals surface area contributed by atoms with Crippen molar-refractivity contribution in [1.82, 2.24) is 0 Å². The zero-order chi connectivity index (χ0) is 23.7. The van der Waals surface area contributed by atoms with Gasteiger partial charge in [0.05, 0.1) is 18.4 Å². The molecule has 0 aliphatic rings. The number of anilines is 2. The first-order chi connectivity index (χ1) is 15.9. The molecule has 0 saturated carbocycles. The standard InChI is InChI=1S/C23H23N3O5S2/c1-26(33(28,29)23-8-5-15-32-23)19-9-11-20(12-10-19)31-17-22(27)25-18-6-4-7-21(16-18)30-14-3-2-13-24/h4-12,15-16H,2-3,14,17H2,1H3,(H,25,27). The van der Waals surface area contributed by atoms with Crippen molar-refractivity contribution >= 4 is 38.6 Å². The van der Waals surface area contributed by atoms with Crippen molar-refractivity contribution in [1.29, 1.82) is 5.26 Å². The SMILES string of the molecule is CN(c1ccc(OCC(=O)Nc2cccc(OCCCC#N)c2)cc1)S(=O)(=O)c1cccs1. The Morgan fingerprint density at radius 2 is 1.88 bits per heavy atom. The predicted molar refractivity (Wildman–Crippen MR) is 127 cm³/mol. The number of sulfonamides is 1. The van der Waals surface area contributed by atoms with Gasteiger partial charge in [-0.25, -0.2) is 8.42 Å². The van der Waals surface area contributed by atoms with Crippen LogP contribution < -0.4 is 19.1 Å². The highest BCUT2D eigenvalue weighted by atomic mass is 32.2. The van der Waals surface area contributed by atoms with Gasteiger partial charge in [-0.15, -0.1) is 11.3 Å². The third-order valence-corrected chi connectivity index (χ3v) is 7.66. The molecule has 10 heteroatoms. The maximum absolute atomic E-state index is 12.6. The molecular formula is C23H23N3O5S2. The van der Waals surface area contributed by atoms with Crippen molar-refractivity contribution in [3.63, 3.8) is 0 Å². The monoisotopic (exact) mass is 485 g/mol. The molecule has 0 bridgehead atoms. The third-order valence-electron chi connectivity index (χ3n) is 4.50. The molecule has 3 aromatic rings. The highest BCUT2D eigenvalue weighted by Gasteiger charge is 2.22. The maximum atomic E-state index is 12.6. The first kappa shape index (κ1) is 24.1. The van der Waals surface area contributed by atoms with E-state index in [1.807, 2.05) is 0 Å². The van der Waals surface area contributed by atoms with Crippen molar-refractivity contribution in [2.24, 2.45) is 0 Å². The zero-order valence-corrected chi connectivity index (χ0v) is 19.6. The van der Waals surface area contributed by atoms with Gasteiger partial charge < -0.3 is 14.8 Å². The average Bonchev–Trinajstić information content (AvgIpc) is 3.37. The van der Waals surface area contributed by atoms with E-state index in [1.54, 1.807) is 66.0 Å². The van der Waals surface area contributed by atoms with Gasteiger partial charge in [-0.05, 0) is 54.3 Å². The summed E-state index contributed by atoms with van der Waals surface area (Å²) in [5.74, 6) is 0.687. The molecule has 0 fully saturated rings. The molecule has 0 saturated heterocycles. The molecule has 1 N–H and O–H groups in total. The molecule has 0 aliphatic heterocycles. The summed E-state index contributed by atoms with van der Waals surface area (Å²) in [6.45, 7) is 0.212. The number of carbonyl (C=O) groups is 1. The van der Waals surface area contributed by atoms with Crippen LogP contribution in [0.25, 0.3) is 0 Å². The number of ether oxygens (including phenoxy) is 2. The summed E-state index contributed by atoms with van der Waals surface area (Å²) >= 11 is 1.16. The number of nitrogens with one attached hydrogen (secondary N) is 1. The third kappa shape index (κ3) is 6.71. The van der Waals surface area contributed by atoms with Gasteiger partial charge in [-0.3, -0.25) is 9.10 Å². The minimum atomic E-state index is -3.61. The molecule has 0 unspecified atom stereocenters. The van der Waals surface area contributed by atoms with E-state index in [0.717, 1.165) is 11.3 Å². The molecule has 2 aromatic carbocycles. The molecule has 33 heavy (non-hydrogen) atoms. The van der Waals surface area contributed by atoms with Crippen LogP contribution in [0.5, 0.6) is 11.5 Å². The van der Waals surface area contributed by atoms with Crippen LogP contribution in [0.2, 0.25) is 0 Å². The second kappa shape index (κ2) is 11.4. The highest BCUT2D eigenvalue weighted by Crippen LogP contribution is 2.26. The van der Waals surface area contributed by atoms with Crippen LogP contribution in [0.1, 0.15) is 12.8 Å². The summed E-state index contributed by atoms with van der Waals surface area (Å²) in [6, 6.07) is 18.7. The smallest absolute Gasteiger partial charge is 0.273 e. The number of benzene rings is 2. The lowest BCUT2D eigenvalue weighted by molar-refractivity contribution is -0.118. The minimum absolute atomic E-state index is 0.212. The van der Waals surface area contributed by atoms with Gasteiger partial charge in [0.2, 0.25) is 0 Å². The molecule has 0 spiro atoms. The van der Waals surface area contributed by atoms with Crippen molar-refractivity contribution in [3.8, 4) is 17.6 Å². The molecule has 1 aromatic heterocycles. The molecule has 8 nitrogen and oxygen atoms in total. The van der Waals surface area contributed by atoms with Gasteiger partial charge >= 0.3 is 0 Å². The topological polar surface area (TPSA) is 109 Å². The fourth-order valence-corrected chi connectivity index (χ4v) is 5.14. The normalized spacial score (nSPS) is 10.8. The second-order valence-corrected chi connectivity index (χ2v) is 10.0. The second-order valence-electron chi connectivity index (χ2n) is 6.87. The quantitative estimate of drug-likeness (QED) is 0.406. The largest absolute Gasteiger partial charge is 0.493 e. The Labute approximate surface area is 197 Å². The van der Waals surface area contributed by atoms with Crippen LogP contribution in [0, 0.1) is 11.3 Å². The number of hydrogen-bond acceptors (Lipinski definition) is 7. The summed E-state index contributed by atoms with van der Waals surface area (Å²) in [4.78, 5) is 12.2. The number of thiophene rings is 1. The van der Waals surface area contributed by atoms with Crippen LogP contribution >= 0.6 is 11.3 Å². The van der Waals surface area contributed by atoms with E-state index in [4.69, 9.17) is 14.7 Å². The number of amides is 1. The van der Waals surface area contributed by atoms with E-state index < -0.39 is 10.0 Å². The Kier molecular flexibility index (Phi) is 8.29. The van der Waals surface area contributed by atoms with Crippen LogP contribution in [0.3, 0.4) is 0 Å². The average molecular weight is 486 g/mol. The summed E-state index contributed by atoms with van der Waals surface area (Å²) in [6.07, 6.45) is 1.06. The number of carbonyl (C=O) groups excluding carboxylic acids is 1. The van der Waals surface area contributed by atoms with Crippen molar-refractivity contribution < 1.29 is 22.7 Å². The van der Waals surface area contributed by atoms with Crippen LogP contribution in [-0.2, 0) is 14.8 Å². The van der Waals surface area contributed by atoms with Gasteiger partial charge in [-0.1, -0.05) is 12.1 Å². The molecule has 1 amide bonds. The van der Waals surface area contributed by atoms with E-state index in [0.29, 0.717) is 42.3 Å². The van der Waals surface area contributed by atoms with Gasteiger partial charge in [0.15, 0.2) is 6.61 Å². The van der Waals surface area contributed by atoms with Crippen molar-refractivity contribution in [2.75, 3.05) is 29.9 Å². The van der Waals surface area contributed by atoms with Crippen LogP contribution in [-0.4, -0.2) is 34.6 Å². The molecule has 0 radical (unpaired) electrons. The summed E-state index contributed by atoms with van der Waals surface area (Å²) in [5.41, 5.74) is 1.05. The van der Waals surface area contributed by atoms with Gasteiger partial charge in [0.1, 0.15) is 15.7 Å². The predicted octanol–water partition coefficient (Wildman–Crippen LogP) is 4.27. The fourth-order valence-electron chi connectivity index (χ4n) is 2.79. The van der Waals surface area contributed by atoms with Gasteiger partial charge in [0, 0.05) is 25.2 Å². The number of nitriles is 1. The van der Waals surface area contributed by atoms with E-state index in [1.165, 1.54) is 11.4 Å². The summed E-state index contributed by atoms with van der Waals surface area (Å²) in [5, 5.41) is 13.0. The first-order valence-corrected chi connectivity index (χ1v) is 12.4. The van der Waals surface area contributed by atoms with E-state index in [9.17, 15) is 13.2 Å².